The summed E-state index contributed by atoms with van der Waals surface area (Å²) in [4.78, 5) is 14.0. The largest absolute Gasteiger partial charge is 0.445 e. The summed E-state index contributed by atoms with van der Waals surface area (Å²) < 4.78 is 13.5. The second kappa shape index (κ2) is 5.42. The molecule has 1 aromatic carbocycles. The van der Waals surface area contributed by atoms with E-state index in [0.717, 1.165) is 12.0 Å². The highest BCUT2D eigenvalue weighted by atomic mass is 16.6. The third-order valence-electron chi connectivity index (χ3n) is 4.80. The van der Waals surface area contributed by atoms with E-state index in [4.69, 9.17) is 9.47 Å². The number of piperidine rings is 1. The van der Waals surface area contributed by atoms with Crippen molar-refractivity contribution >= 4 is 6.09 Å². The highest BCUT2D eigenvalue weighted by Gasteiger charge is 2.62. The summed E-state index contributed by atoms with van der Waals surface area (Å²) in [6.07, 6.45) is 2.66. The number of likely N-dealkylation sites (tertiary alicyclic amines) is 1. The van der Waals surface area contributed by atoms with Crippen LogP contribution in [0.1, 0.15) is 17.7 Å². The molecule has 0 spiro atoms. The quantitative estimate of drug-likeness (QED) is 0.819. The minimum absolute atomic E-state index is 0.0779. The van der Waals surface area contributed by atoms with Crippen LogP contribution >= 0.6 is 0 Å². The van der Waals surface area contributed by atoms with Gasteiger partial charge in [-0.3, -0.25) is 0 Å². The van der Waals surface area contributed by atoms with Crippen molar-refractivity contribution in [2.45, 2.75) is 24.7 Å². The first kappa shape index (κ1) is 14.3. The van der Waals surface area contributed by atoms with E-state index in [1.54, 1.807) is 4.90 Å². The number of benzene rings is 1. The average molecular weight is 312 g/mol. The molecule has 0 radical (unpaired) electrons. The van der Waals surface area contributed by atoms with Crippen LogP contribution in [0.4, 0.5) is 4.79 Å². The van der Waals surface area contributed by atoms with Crippen LogP contribution < -0.4 is 0 Å². The molecular weight excluding hydrogens is 292 g/mol. The number of nitrogens with zero attached hydrogens (tertiary/aromatic N) is 2. The highest BCUT2D eigenvalue weighted by Crippen LogP contribution is 2.51. The molecule has 0 unspecified atom stereocenters. The maximum absolute atomic E-state index is 12.2. The van der Waals surface area contributed by atoms with Gasteiger partial charge in [0.15, 0.2) is 0 Å². The Labute approximate surface area is 135 Å². The van der Waals surface area contributed by atoms with Crippen LogP contribution in [0.2, 0.25) is 0 Å². The van der Waals surface area contributed by atoms with Gasteiger partial charge in [0.25, 0.3) is 0 Å². The molecule has 0 N–H and O–H groups in total. The molecule has 2 saturated heterocycles. The topological polar surface area (TPSA) is 47.0 Å². The Morgan fingerprint density at radius 2 is 2.13 bits per heavy atom. The van der Waals surface area contributed by atoms with Gasteiger partial charge in [-0.15, -0.1) is 0 Å². The van der Waals surface area contributed by atoms with Crippen molar-refractivity contribution in [1.82, 2.24) is 9.47 Å². The zero-order chi connectivity index (χ0) is 15.9. The minimum Gasteiger partial charge on any atom is -0.445 e. The third-order valence-corrected chi connectivity index (χ3v) is 4.80. The first-order valence-electron chi connectivity index (χ1n) is 7.94. The SMILES string of the molecule is Cn1cccc1[C@@]12CCN(C(=O)OCc3ccccc3)C[C@H]1O2. The zero-order valence-corrected chi connectivity index (χ0v) is 13.1. The van der Waals surface area contributed by atoms with Crippen molar-refractivity contribution in [2.75, 3.05) is 13.1 Å². The van der Waals surface area contributed by atoms with Crippen molar-refractivity contribution in [3.05, 3.63) is 59.9 Å². The lowest BCUT2D eigenvalue weighted by Crippen LogP contribution is -2.42. The lowest BCUT2D eigenvalue weighted by Gasteiger charge is -2.28. The number of fused-ring (bicyclic) bond motifs is 1. The maximum Gasteiger partial charge on any atom is 0.410 e. The van der Waals surface area contributed by atoms with E-state index in [1.807, 2.05) is 49.6 Å². The first-order chi connectivity index (χ1) is 11.2. The molecule has 2 aliphatic heterocycles. The van der Waals surface area contributed by atoms with Gasteiger partial charge in [-0.25, -0.2) is 4.79 Å². The molecule has 0 bridgehead atoms. The molecule has 0 saturated carbocycles. The van der Waals surface area contributed by atoms with E-state index in [9.17, 15) is 4.79 Å². The Balaban J connectivity index is 1.35. The summed E-state index contributed by atoms with van der Waals surface area (Å²) in [7, 11) is 2.03. The number of aryl methyl sites for hydroxylation is 1. The molecule has 5 nitrogen and oxygen atoms in total. The lowest BCUT2D eigenvalue weighted by atomic mass is 9.93. The van der Waals surface area contributed by atoms with E-state index in [1.165, 1.54) is 5.69 Å². The minimum atomic E-state index is -0.259. The van der Waals surface area contributed by atoms with Gasteiger partial charge >= 0.3 is 6.09 Å². The molecule has 2 atom stereocenters. The summed E-state index contributed by atoms with van der Waals surface area (Å²) in [5.74, 6) is 0. The molecule has 2 aromatic rings. The van der Waals surface area contributed by atoms with E-state index in [0.29, 0.717) is 19.7 Å². The van der Waals surface area contributed by atoms with Crippen LogP contribution in [-0.2, 0) is 28.7 Å². The second-order valence-electron chi connectivity index (χ2n) is 6.24. The molecule has 3 heterocycles. The summed E-state index contributed by atoms with van der Waals surface area (Å²) in [5, 5.41) is 0. The number of carbonyl (C=O) groups is 1. The molecule has 0 aliphatic carbocycles. The van der Waals surface area contributed by atoms with Gasteiger partial charge in [-0.1, -0.05) is 30.3 Å². The number of carbonyl (C=O) groups excluding carboxylic acids is 1. The van der Waals surface area contributed by atoms with Crippen molar-refractivity contribution in [2.24, 2.45) is 7.05 Å². The second-order valence-corrected chi connectivity index (χ2v) is 6.24. The molecule has 23 heavy (non-hydrogen) atoms. The predicted octanol–water partition coefficient (Wildman–Crippen LogP) is 2.66. The third kappa shape index (κ3) is 2.51. The maximum atomic E-state index is 12.2. The van der Waals surface area contributed by atoms with Crippen LogP contribution in [0.5, 0.6) is 0 Å². The summed E-state index contributed by atoms with van der Waals surface area (Å²) >= 11 is 0. The van der Waals surface area contributed by atoms with Crippen LogP contribution in [0.25, 0.3) is 0 Å². The van der Waals surface area contributed by atoms with Gasteiger partial charge in [-0.05, 0) is 17.7 Å². The Morgan fingerprint density at radius 1 is 1.30 bits per heavy atom. The fraction of sp³-hybridized carbons (Fsp3) is 0.389. The fourth-order valence-electron chi connectivity index (χ4n) is 3.45. The van der Waals surface area contributed by atoms with Gasteiger partial charge in [0.1, 0.15) is 18.3 Å². The zero-order valence-electron chi connectivity index (χ0n) is 13.1. The van der Waals surface area contributed by atoms with E-state index in [-0.39, 0.29) is 17.8 Å². The number of hydrogen-bond acceptors (Lipinski definition) is 3. The summed E-state index contributed by atoms with van der Waals surface area (Å²) in [6.45, 7) is 1.57. The number of rotatable bonds is 3. The van der Waals surface area contributed by atoms with Gasteiger partial charge in [-0.2, -0.15) is 0 Å². The molecule has 1 amide bonds. The number of amides is 1. The Bertz CT molecular complexity index is 712. The number of aromatic nitrogens is 1. The predicted molar refractivity (Wildman–Crippen MR) is 84.8 cm³/mol. The molecule has 2 fully saturated rings. The van der Waals surface area contributed by atoms with Gasteiger partial charge < -0.3 is 18.9 Å². The van der Waals surface area contributed by atoms with Crippen LogP contribution in [0.15, 0.2) is 48.7 Å². The average Bonchev–Trinajstić information content (AvgIpc) is 3.16. The van der Waals surface area contributed by atoms with Crippen molar-refractivity contribution < 1.29 is 14.3 Å². The smallest absolute Gasteiger partial charge is 0.410 e. The standard InChI is InChI=1S/C18H20N2O3/c1-19-10-5-8-15(19)18-9-11-20(12-16(18)23-18)17(21)22-13-14-6-3-2-4-7-14/h2-8,10,16H,9,11-13H2,1H3/t16-,18+/m1/s1. The van der Waals surface area contributed by atoms with Crippen LogP contribution in [0, 0.1) is 0 Å². The van der Waals surface area contributed by atoms with Crippen molar-refractivity contribution in [3.63, 3.8) is 0 Å². The normalized spacial score (nSPS) is 25.8. The molecule has 2 aliphatic rings. The fourth-order valence-corrected chi connectivity index (χ4v) is 3.45. The Hall–Kier alpha value is -2.27. The number of hydrogen-bond donors (Lipinski definition) is 0. The van der Waals surface area contributed by atoms with E-state index < -0.39 is 0 Å². The molecule has 1 aromatic heterocycles. The van der Waals surface area contributed by atoms with Crippen molar-refractivity contribution in [3.8, 4) is 0 Å². The van der Waals surface area contributed by atoms with E-state index in [2.05, 4.69) is 10.6 Å². The molecule has 120 valence electrons. The Morgan fingerprint density at radius 3 is 2.83 bits per heavy atom. The molecular formula is C18H20N2O3. The summed E-state index contributed by atoms with van der Waals surface area (Å²) in [6, 6.07) is 13.9. The monoisotopic (exact) mass is 312 g/mol. The number of ether oxygens (including phenoxy) is 2. The molecule has 4 rings (SSSR count). The van der Waals surface area contributed by atoms with Crippen LogP contribution in [0.3, 0.4) is 0 Å². The highest BCUT2D eigenvalue weighted by molar-refractivity contribution is 5.68. The lowest BCUT2D eigenvalue weighted by molar-refractivity contribution is 0.0894. The van der Waals surface area contributed by atoms with Gasteiger partial charge in [0.2, 0.25) is 0 Å². The van der Waals surface area contributed by atoms with E-state index >= 15 is 0 Å². The molecule has 5 heteroatoms. The van der Waals surface area contributed by atoms with Gasteiger partial charge in [0.05, 0.1) is 12.2 Å². The van der Waals surface area contributed by atoms with Crippen LogP contribution in [-0.4, -0.2) is 34.8 Å². The van der Waals surface area contributed by atoms with Crippen molar-refractivity contribution in [1.29, 1.82) is 0 Å². The first-order valence-corrected chi connectivity index (χ1v) is 7.94. The Kier molecular flexibility index (Phi) is 3.38. The summed E-state index contributed by atoms with van der Waals surface area (Å²) in [5.41, 5.74) is 1.99. The van der Waals surface area contributed by atoms with Gasteiger partial charge in [0, 0.05) is 26.2 Å². The number of epoxide rings is 1.